The fourth-order valence-electron chi connectivity index (χ4n) is 5.01. The standard InChI is InChI=1S/C30H36N2O5/c1-3-4-6-11-29(33)32-20-24-18-25(14-13-23(24)19-27(32)30(34)35)36-17-16-26-21(2)37-28(31-26)15-12-22-9-7-5-8-10-22/h3-4,6,11-15,18,22,27H,5,7-10,16-17,19-20H2,1-2H3,(H,34,35)/b4-3+,11-6+,15-12+/t27-/m0/s1. The predicted molar refractivity (Wildman–Crippen MR) is 142 cm³/mol. The molecular weight excluding hydrogens is 468 g/mol. The maximum absolute atomic E-state index is 12.7. The third-order valence-electron chi connectivity index (χ3n) is 7.10. The molecular formula is C30H36N2O5. The lowest BCUT2D eigenvalue weighted by Gasteiger charge is -2.34. The van der Waals surface area contributed by atoms with Gasteiger partial charge in [-0.3, -0.25) is 4.79 Å². The van der Waals surface area contributed by atoms with E-state index in [-0.39, 0.29) is 18.9 Å². The van der Waals surface area contributed by atoms with Gasteiger partial charge in [0.2, 0.25) is 11.8 Å². The van der Waals surface area contributed by atoms with Gasteiger partial charge < -0.3 is 19.2 Å². The average molecular weight is 505 g/mol. The van der Waals surface area contributed by atoms with Gasteiger partial charge in [-0.15, -0.1) is 0 Å². The molecule has 196 valence electrons. The number of amides is 1. The van der Waals surface area contributed by atoms with E-state index < -0.39 is 12.0 Å². The Balaban J connectivity index is 1.36. The van der Waals surface area contributed by atoms with Gasteiger partial charge in [0.25, 0.3) is 0 Å². The van der Waals surface area contributed by atoms with Gasteiger partial charge in [0, 0.05) is 25.5 Å². The summed E-state index contributed by atoms with van der Waals surface area (Å²) >= 11 is 0. The van der Waals surface area contributed by atoms with Gasteiger partial charge in [0.15, 0.2) is 0 Å². The maximum Gasteiger partial charge on any atom is 0.326 e. The number of carboxylic acids is 1. The minimum atomic E-state index is -1.00. The molecule has 0 spiro atoms. The van der Waals surface area contributed by atoms with Crippen LogP contribution in [0.15, 0.2) is 53.0 Å². The van der Waals surface area contributed by atoms with E-state index in [9.17, 15) is 14.7 Å². The molecule has 2 aromatic rings. The molecule has 7 heteroatoms. The number of rotatable bonds is 9. The minimum absolute atomic E-state index is 0.224. The number of aryl methyl sites for hydroxylation is 1. The van der Waals surface area contributed by atoms with Gasteiger partial charge in [-0.1, -0.05) is 49.6 Å². The molecule has 0 radical (unpaired) electrons. The van der Waals surface area contributed by atoms with Crippen LogP contribution in [-0.4, -0.2) is 39.5 Å². The van der Waals surface area contributed by atoms with E-state index in [1.165, 1.54) is 43.1 Å². The van der Waals surface area contributed by atoms with E-state index in [4.69, 9.17) is 9.15 Å². The predicted octanol–water partition coefficient (Wildman–Crippen LogP) is 5.67. The number of carbonyl (C=O) groups excluding carboxylic acids is 1. The van der Waals surface area contributed by atoms with Gasteiger partial charge in [-0.25, -0.2) is 9.78 Å². The van der Waals surface area contributed by atoms with Gasteiger partial charge in [-0.05, 0) is 61.9 Å². The zero-order valence-corrected chi connectivity index (χ0v) is 21.7. The van der Waals surface area contributed by atoms with Crippen molar-refractivity contribution in [1.82, 2.24) is 9.88 Å². The van der Waals surface area contributed by atoms with Crippen molar-refractivity contribution in [2.24, 2.45) is 5.92 Å². The summed E-state index contributed by atoms with van der Waals surface area (Å²) in [6, 6.07) is 4.76. The molecule has 0 unspecified atom stereocenters. The lowest BCUT2D eigenvalue weighted by Crippen LogP contribution is -2.48. The first-order valence-electron chi connectivity index (χ1n) is 13.2. The summed E-state index contributed by atoms with van der Waals surface area (Å²) in [5.74, 6) is 1.43. The van der Waals surface area contributed by atoms with E-state index in [1.807, 2.05) is 44.2 Å². The van der Waals surface area contributed by atoms with Crippen molar-refractivity contribution in [3.05, 3.63) is 77.1 Å². The first-order valence-corrected chi connectivity index (χ1v) is 13.2. The Labute approximate surface area is 218 Å². The SMILES string of the molecule is C/C=C/C=C/C(=O)N1Cc2cc(OCCc3nc(/C=C/C4CCCCC4)oc3C)ccc2C[C@H]1C(=O)O. The summed E-state index contributed by atoms with van der Waals surface area (Å²) < 4.78 is 11.8. The van der Waals surface area contributed by atoms with Crippen LogP contribution in [-0.2, 0) is 29.0 Å². The van der Waals surface area contributed by atoms with Crippen molar-refractivity contribution in [2.75, 3.05) is 6.61 Å². The molecule has 1 saturated carbocycles. The van der Waals surface area contributed by atoms with Gasteiger partial charge >= 0.3 is 5.97 Å². The van der Waals surface area contributed by atoms with Crippen LogP contribution in [0, 0.1) is 12.8 Å². The summed E-state index contributed by atoms with van der Waals surface area (Å²) in [5, 5.41) is 9.68. The van der Waals surface area contributed by atoms with E-state index in [2.05, 4.69) is 11.1 Å². The molecule has 1 aliphatic carbocycles. The first-order chi connectivity index (χ1) is 17.9. The molecule has 2 aliphatic rings. The smallest absolute Gasteiger partial charge is 0.326 e. The van der Waals surface area contributed by atoms with Crippen LogP contribution >= 0.6 is 0 Å². The van der Waals surface area contributed by atoms with Crippen molar-refractivity contribution in [3.63, 3.8) is 0 Å². The number of carboxylic acid groups (broad SMARTS) is 1. The molecule has 1 N–H and O–H groups in total. The lowest BCUT2D eigenvalue weighted by atomic mass is 9.89. The van der Waals surface area contributed by atoms with Gasteiger partial charge in [-0.2, -0.15) is 0 Å². The van der Waals surface area contributed by atoms with Crippen molar-refractivity contribution in [1.29, 1.82) is 0 Å². The molecule has 1 aromatic heterocycles. The fourth-order valence-corrected chi connectivity index (χ4v) is 5.01. The van der Waals surface area contributed by atoms with Crippen LogP contribution in [0.4, 0.5) is 0 Å². The summed E-state index contributed by atoms with van der Waals surface area (Å²) in [6.07, 6.45) is 18.1. The number of aliphatic carboxylic acids is 1. The third kappa shape index (κ3) is 7.00. The molecule has 7 nitrogen and oxygen atoms in total. The van der Waals surface area contributed by atoms with E-state index in [1.54, 1.807) is 12.2 Å². The molecule has 1 fully saturated rings. The van der Waals surface area contributed by atoms with Crippen molar-refractivity contribution >= 4 is 18.0 Å². The largest absolute Gasteiger partial charge is 0.493 e. The van der Waals surface area contributed by atoms with Gasteiger partial charge in [0.05, 0.1) is 12.3 Å². The Hall–Kier alpha value is -3.61. The minimum Gasteiger partial charge on any atom is -0.493 e. The van der Waals surface area contributed by atoms with Crippen molar-refractivity contribution < 1.29 is 23.8 Å². The number of allylic oxidation sites excluding steroid dienone is 4. The second-order valence-corrected chi connectivity index (χ2v) is 9.75. The second kappa shape index (κ2) is 12.6. The quantitative estimate of drug-likeness (QED) is 0.349. The van der Waals surface area contributed by atoms with E-state index in [0.29, 0.717) is 30.6 Å². The zero-order chi connectivity index (χ0) is 26.2. The molecule has 1 aliphatic heterocycles. The average Bonchev–Trinajstić information content (AvgIpc) is 3.26. The second-order valence-electron chi connectivity index (χ2n) is 9.75. The highest BCUT2D eigenvalue weighted by atomic mass is 16.5. The number of fused-ring (bicyclic) bond motifs is 1. The number of ether oxygens (including phenoxy) is 1. The molecule has 1 atom stereocenters. The number of benzene rings is 1. The van der Waals surface area contributed by atoms with Crippen LogP contribution in [0.2, 0.25) is 0 Å². The summed E-state index contributed by atoms with van der Waals surface area (Å²) in [7, 11) is 0. The number of hydrogen-bond acceptors (Lipinski definition) is 5. The number of nitrogens with zero attached hydrogens (tertiary/aromatic N) is 2. The highest BCUT2D eigenvalue weighted by molar-refractivity contribution is 5.92. The van der Waals surface area contributed by atoms with Crippen LogP contribution in [0.1, 0.15) is 67.5 Å². The number of oxazole rings is 1. The Morgan fingerprint density at radius 2 is 2.00 bits per heavy atom. The van der Waals surface area contributed by atoms with E-state index in [0.717, 1.165) is 22.6 Å². The topological polar surface area (TPSA) is 92.9 Å². The Morgan fingerprint density at radius 1 is 1.19 bits per heavy atom. The van der Waals surface area contributed by atoms with Crippen LogP contribution in [0.3, 0.4) is 0 Å². The Bertz CT molecular complexity index is 1190. The van der Waals surface area contributed by atoms with Crippen LogP contribution < -0.4 is 4.74 Å². The van der Waals surface area contributed by atoms with Crippen LogP contribution in [0.5, 0.6) is 5.75 Å². The zero-order valence-electron chi connectivity index (χ0n) is 21.7. The van der Waals surface area contributed by atoms with Crippen molar-refractivity contribution in [2.45, 2.75) is 71.4 Å². The molecule has 1 amide bonds. The number of carbonyl (C=O) groups is 2. The highest BCUT2D eigenvalue weighted by Crippen LogP contribution is 2.28. The molecule has 0 saturated heterocycles. The van der Waals surface area contributed by atoms with Crippen molar-refractivity contribution in [3.8, 4) is 5.75 Å². The number of aromatic nitrogens is 1. The summed E-state index contributed by atoms with van der Waals surface area (Å²) in [4.78, 5) is 30.5. The summed E-state index contributed by atoms with van der Waals surface area (Å²) in [6.45, 7) is 4.44. The molecule has 2 heterocycles. The molecule has 4 rings (SSSR count). The van der Waals surface area contributed by atoms with Gasteiger partial charge in [0.1, 0.15) is 17.6 Å². The molecule has 37 heavy (non-hydrogen) atoms. The normalized spacial score (nSPS) is 18.6. The maximum atomic E-state index is 12.7. The summed E-state index contributed by atoms with van der Waals surface area (Å²) in [5.41, 5.74) is 2.70. The van der Waals surface area contributed by atoms with E-state index >= 15 is 0 Å². The first kappa shape index (κ1) is 26.5. The molecule has 1 aromatic carbocycles. The Morgan fingerprint density at radius 3 is 2.76 bits per heavy atom. The third-order valence-corrected chi connectivity index (χ3v) is 7.10. The highest BCUT2D eigenvalue weighted by Gasteiger charge is 2.33. The lowest BCUT2D eigenvalue weighted by molar-refractivity contribution is -0.149. The monoisotopic (exact) mass is 504 g/mol. The molecule has 0 bridgehead atoms. The fraction of sp³-hybridized carbons (Fsp3) is 0.433. The Kier molecular flexibility index (Phi) is 8.99. The van der Waals surface area contributed by atoms with Crippen LogP contribution in [0.25, 0.3) is 6.08 Å². The number of hydrogen-bond donors (Lipinski definition) is 1.